The second-order valence-electron chi connectivity index (χ2n) is 6.80. The first-order valence-corrected chi connectivity index (χ1v) is 9.73. The van der Waals surface area contributed by atoms with Crippen LogP contribution in [-0.2, 0) is 16.0 Å². The van der Waals surface area contributed by atoms with Crippen molar-refractivity contribution in [1.82, 2.24) is 0 Å². The fourth-order valence-electron chi connectivity index (χ4n) is 3.45. The highest BCUT2D eigenvalue weighted by Gasteiger charge is 2.15. The van der Waals surface area contributed by atoms with E-state index in [0.717, 1.165) is 49.8 Å². The summed E-state index contributed by atoms with van der Waals surface area (Å²) in [5.41, 5.74) is 5.59. The van der Waals surface area contributed by atoms with E-state index < -0.39 is 0 Å². The molecule has 3 rings (SSSR count). The van der Waals surface area contributed by atoms with E-state index in [2.05, 4.69) is 53.6 Å². The number of nitrogens with one attached hydrogen (secondary N) is 2. The third kappa shape index (κ3) is 5.01. The van der Waals surface area contributed by atoms with Crippen LogP contribution in [0, 0.1) is 6.92 Å². The van der Waals surface area contributed by atoms with Crippen LogP contribution in [0.2, 0.25) is 0 Å². The van der Waals surface area contributed by atoms with Gasteiger partial charge in [-0.25, -0.2) is 0 Å². The molecule has 0 aromatic heterocycles. The third-order valence-electron chi connectivity index (χ3n) is 4.92. The highest BCUT2D eigenvalue weighted by atomic mass is 16.5. The largest absolute Gasteiger partial charge is 0.384 e. The number of morpholine rings is 1. The Bertz CT molecular complexity index is 770. The van der Waals surface area contributed by atoms with Crippen molar-refractivity contribution in [2.45, 2.75) is 26.7 Å². The first kappa shape index (κ1) is 19.2. The molecule has 0 saturated carbocycles. The van der Waals surface area contributed by atoms with Crippen molar-refractivity contribution in [2.24, 2.45) is 0 Å². The van der Waals surface area contributed by atoms with Gasteiger partial charge >= 0.3 is 0 Å². The number of ether oxygens (including phenoxy) is 1. The lowest BCUT2D eigenvalue weighted by atomic mass is 10.1. The second kappa shape index (κ2) is 9.42. The molecule has 0 aliphatic carbocycles. The topological polar surface area (TPSA) is 53.6 Å². The van der Waals surface area contributed by atoms with Crippen LogP contribution < -0.4 is 15.5 Å². The Labute approximate surface area is 161 Å². The van der Waals surface area contributed by atoms with Crippen molar-refractivity contribution in [3.63, 3.8) is 0 Å². The summed E-state index contributed by atoms with van der Waals surface area (Å²) in [6, 6.07) is 14.3. The molecule has 5 nitrogen and oxygen atoms in total. The van der Waals surface area contributed by atoms with E-state index in [1.165, 1.54) is 11.1 Å². The molecule has 1 aliphatic rings. The predicted octanol–water partition coefficient (Wildman–Crippen LogP) is 3.83. The molecule has 0 bridgehead atoms. The summed E-state index contributed by atoms with van der Waals surface area (Å²) >= 11 is 0. The molecule has 2 aromatic carbocycles. The van der Waals surface area contributed by atoms with Gasteiger partial charge in [0, 0.05) is 31.7 Å². The maximum Gasteiger partial charge on any atom is 0.226 e. The normalized spacial score (nSPS) is 14.1. The molecule has 1 saturated heterocycles. The summed E-state index contributed by atoms with van der Waals surface area (Å²) in [5, 5.41) is 6.52. The SMILES string of the molecule is CCc1cccc(C)c1NCCC(=O)Nc1ccccc1N1CCOCC1. The van der Waals surface area contributed by atoms with Crippen LogP contribution in [0.25, 0.3) is 0 Å². The molecule has 1 heterocycles. The van der Waals surface area contributed by atoms with Gasteiger partial charge in [0.25, 0.3) is 0 Å². The van der Waals surface area contributed by atoms with Gasteiger partial charge in [0.1, 0.15) is 0 Å². The highest BCUT2D eigenvalue weighted by Crippen LogP contribution is 2.26. The van der Waals surface area contributed by atoms with E-state index in [-0.39, 0.29) is 5.91 Å². The number of nitrogens with zero attached hydrogens (tertiary/aromatic N) is 1. The number of carbonyl (C=O) groups excluding carboxylic acids is 1. The standard InChI is InChI=1S/C22H29N3O2/c1-3-18-8-6-7-17(2)22(18)23-12-11-21(26)24-19-9-4-5-10-20(19)25-13-15-27-16-14-25/h4-10,23H,3,11-16H2,1-2H3,(H,24,26). The van der Waals surface area contributed by atoms with Crippen LogP contribution in [0.5, 0.6) is 0 Å². The Hall–Kier alpha value is -2.53. The van der Waals surface area contributed by atoms with Crippen LogP contribution in [0.3, 0.4) is 0 Å². The van der Waals surface area contributed by atoms with E-state index in [4.69, 9.17) is 4.74 Å². The van der Waals surface area contributed by atoms with Crippen LogP contribution in [0.1, 0.15) is 24.5 Å². The lowest BCUT2D eigenvalue weighted by Gasteiger charge is -2.30. The molecule has 2 aromatic rings. The molecular weight excluding hydrogens is 338 g/mol. The summed E-state index contributed by atoms with van der Waals surface area (Å²) in [6.07, 6.45) is 1.40. The van der Waals surface area contributed by atoms with E-state index >= 15 is 0 Å². The molecule has 1 amide bonds. The highest BCUT2D eigenvalue weighted by molar-refractivity contribution is 5.94. The van der Waals surface area contributed by atoms with Crippen molar-refractivity contribution in [3.8, 4) is 0 Å². The van der Waals surface area contributed by atoms with Gasteiger partial charge in [-0.1, -0.05) is 37.3 Å². The molecule has 0 atom stereocenters. The molecule has 144 valence electrons. The van der Waals surface area contributed by atoms with Crippen LogP contribution in [-0.4, -0.2) is 38.8 Å². The van der Waals surface area contributed by atoms with Gasteiger partial charge in [0.2, 0.25) is 5.91 Å². The van der Waals surface area contributed by atoms with Gasteiger partial charge in [0.05, 0.1) is 24.6 Å². The minimum absolute atomic E-state index is 0.0230. The zero-order valence-electron chi connectivity index (χ0n) is 16.3. The number of benzene rings is 2. The average molecular weight is 367 g/mol. The lowest BCUT2D eigenvalue weighted by Crippen LogP contribution is -2.36. The molecule has 2 N–H and O–H groups in total. The molecule has 1 fully saturated rings. The zero-order chi connectivity index (χ0) is 19.1. The van der Waals surface area contributed by atoms with Gasteiger partial charge in [-0.05, 0) is 36.6 Å². The van der Waals surface area contributed by atoms with E-state index in [1.807, 2.05) is 18.2 Å². The summed E-state index contributed by atoms with van der Waals surface area (Å²) in [5.74, 6) is 0.0230. The number of aryl methyl sites for hydroxylation is 2. The molecule has 27 heavy (non-hydrogen) atoms. The lowest BCUT2D eigenvalue weighted by molar-refractivity contribution is -0.115. The number of amides is 1. The fraction of sp³-hybridized carbons (Fsp3) is 0.409. The van der Waals surface area contributed by atoms with Crippen molar-refractivity contribution in [2.75, 3.05) is 48.4 Å². The van der Waals surface area contributed by atoms with Crippen LogP contribution in [0.15, 0.2) is 42.5 Å². The van der Waals surface area contributed by atoms with Gasteiger partial charge in [-0.15, -0.1) is 0 Å². The first-order chi connectivity index (χ1) is 13.2. The van der Waals surface area contributed by atoms with Gasteiger partial charge in [-0.3, -0.25) is 4.79 Å². The Morgan fingerprint density at radius 2 is 1.89 bits per heavy atom. The Morgan fingerprint density at radius 3 is 2.67 bits per heavy atom. The summed E-state index contributed by atoms with van der Waals surface area (Å²) in [7, 11) is 0. The molecule has 5 heteroatoms. The number of hydrogen-bond acceptors (Lipinski definition) is 4. The molecule has 0 unspecified atom stereocenters. The molecule has 0 spiro atoms. The van der Waals surface area contributed by atoms with Crippen molar-refractivity contribution >= 4 is 23.0 Å². The summed E-state index contributed by atoms with van der Waals surface area (Å²) < 4.78 is 5.43. The van der Waals surface area contributed by atoms with Crippen molar-refractivity contribution < 1.29 is 9.53 Å². The van der Waals surface area contributed by atoms with E-state index in [0.29, 0.717) is 13.0 Å². The van der Waals surface area contributed by atoms with Gasteiger partial charge < -0.3 is 20.3 Å². The van der Waals surface area contributed by atoms with Crippen molar-refractivity contribution in [3.05, 3.63) is 53.6 Å². The molecular formula is C22H29N3O2. The minimum Gasteiger partial charge on any atom is -0.384 e. The van der Waals surface area contributed by atoms with Crippen LogP contribution >= 0.6 is 0 Å². The maximum absolute atomic E-state index is 12.5. The Morgan fingerprint density at radius 1 is 1.11 bits per heavy atom. The first-order valence-electron chi connectivity index (χ1n) is 9.73. The quantitative estimate of drug-likeness (QED) is 0.781. The molecule has 0 radical (unpaired) electrons. The van der Waals surface area contributed by atoms with Crippen LogP contribution in [0.4, 0.5) is 17.1 Å². The van der Waals surface area contributed by atoms with E-state index in [9.17, 15) is 4.79 Å². The number of carbonyl (C=O) groups is 1. The zero-order valence-corrected chi connectivity index (χ0v) is 16.3. The van der Waals surface area contributed by atoms with Gasteiger partial charge in [0.15, 0.2) is 0 Å². The monoisotopic (exact) mass is 367 g/mol. The number of hydrogen-bond donors (Lipinski definition) is 2. The predicted molar refractivity (Wildman–Crippen MR) is 112 cm³/mol. The minimum atomic E-state index is 0.0230. The number of para-hydroxylation sites is 3. The summed E-state index contributed by atoms with van der Waals surface area (Å²) in [4.78, 5) is 14.7. The fourth-order valence-corrected chi connectivity index (χ4v) is 3.45. The number of anilines is 3. The third-order valence-corrected chi connectivity index (χ3v) is 4.92. The second-order valence-corrected chi connectivity index (χ2v) is 6.80. The maximum atomic E-state index is 12.5. The summed E-state index contributed by atoms with van der Waals surface area (Å²) in [6.45, 7) is 8.01. The number of rotatable bonds is 7. The smallest absolute Gasteiger partial charge is 0.226 e. The van der Waals surface area contributed by atoms with Crippen molar-refractivity contribution in [1.29, 1.82) is 0 Å². The Kier molecular flexibility index (Phi) is 6.71. The average Bonchev–Trinajstić information content (AvgIpc) is 2.70. The molecule has 1 aliphatic heterocycles. The van der Waals surface area contributed by atoms with E-state index in [1.54, 1.807) is 0 Å². The Balaban J connectivity index is 1.57. The van der Waals surface area contributed by atoms with Gasteiger partial charge in [-0.2, -0.15) is 0 Å².